The molecular weight excluding hydrogens is 414 g/mol. The molecule has 2 N–H and O–H groups in total. The summed E-state index contributed by atoms with van der Waals surface area (Å²) in [5.74, 6) is -0.613. The van der Waals surface area contributed by atoms with Crippen LogP contribution < -0.4 is 10.6 Å². The Labute approximate surface area is 182 Å². The molecule has 1 saturated heterocycles. The second-order valence-corrected chi connectivity index (χ2v) is 10.1. The lowest BCUT2D eigenvalue weighted by molar-refractivity contribution is 0.0952. The molecule has 1 saturated carbocycles. The van der Waals surface area contributed by atoms with E-state index in [1.165, 1.54) is 24.3 Å². The van der Waals surface area contributed by atoms with E-state index in [9.17, 15) is 18.0 Å². The van der Waals surface area contributed by atoms with Gasteiger partial charge in [0.2, 0.25) is 10.0 Å². The highest BCUT2D eigenvalue weighted by Crippen LogP contribution is 2.26. The molecule has 1 heterocycles. The molecule has 0 unspecified atom stereocenters. The Morgan fingerprint density at radius 2 is 1.65 bits per heavy atom. The monoisotopic (exact) mass is 441 g/mol. The lowest BCUT2D eigenvalue weighted by Gasteiger charge is -2.32. The van der Waals surface area contributed by atoms with Gasteiger partial charge in [-0.25, -0.2) is 8.42 Å². The minimum Gasteiger partial charge on any atom is -0.349 e. The number of amides is 2. The molecule has 0 radical (unpaired) electrons. The highest BCUT2D eigenvalue weighted by Gasteiger charge is 2.31. The first kappa shape index (κ1) is 21.5. The van der Waals surface area contributed by atoms with Gasteiger partial charge in [0.05, 0.1) is 16.1 Å². The normalized spacial score (nSPS) is 19.6. The van der Waals surface area contributed by atoms with Gasteiger partial charge < -0.3 is 10.6 Å². The largest absolute Gasteiger partial charge is 0.349 e. The molecule has 164 valence electrons. The first-order valence-electron chi connectivity index (χ1n) is 10.7. The summed E-state index contributed by atoms with van der Waals surface area (Å²) in [4.78, 5) is 25.3. The Hall–Kier alpha value is -2.71. The number of rotatable bonds is 6. The van der Waals surface area contributed by atoms with Gasteiger partial charge in [-0.2, -0.15) is 4.31 Å². The predicted octanol–water partition coefficient (Wildman–Crippen LogP) is 3.39. The minimum absolute atomic E-state index is 0.0278. The highest BCUT2D eigenvalue weighted by atomic mass is 32.2. The fourth-order valence-corrected chi connectivity index (χ4v) is 5.52. The summed E-state index contributed by atoms with van der Waals surface area (Å²) < 4.78 is 27.5. The van der Waals surface area contributed by atoms with Crippen LogP contribution in [0.1, 0.15) is 59.7 Å². The van der Waals surface area contributed by atoms with Gasteiger partial charge >= 0.3 is 0 Å². The van der Waals surface area contributed by atoms with Gasteiger partial charge in [0.1, 0.15) is 0 Å². The number of piperidine rings is 1. The Bertz CT molecular complexity index is 1080. The number of benzene rings is 2. The third-order valence-electron chi connectivity index (χ3n) is 5.80. The number of sulfonamides is 1. The standard InChI is InChI=1S/C23H27N3O4S/c1-16-6-4-5-15-26(16)31(29,30)19-13-9-17(10-14-19)22(27)25-21-8-3-2-7-20(21)23(28)24-18-11-12-18/h2-3,7-10,13-14,16,18H,4-6,11-12,15H2,1H3,(H,24,28)(H,25,27)/t16-/m0/s1. The summed E-state index contributed by atoms with van der Waals surface area (Å²) >= 11 is 0. The summed E-state index contributed by atoms with van der Waals surface area (Å²) in [5, 5.41) is 5.69. The van der Waals surface area contributed by atoms with Gasteiger partial charge in [-0.3, -0.25) is 9.59 Å². The van der Waals surface area contributed by atoms with Crippen LogP contribution in [0.25, 0.3) is 0 Å². The lowest BCUT2D eigenvalue weighted by Crippen LogP contribution is -2.41. The summed E-state index contributed by atoms with van der Waals surface area (Å²) in [6.07, 6.45) is 4.70. The number of para-hydroxylation sites is 1. The van der Waals surface area contributed by atoms with Crippen molar-refractivity contribution in [1.29, 1.82) is 0 Å². The van der Waals surface area contributed by atoms with Crippen molar-refractivity contribution in [2.24, 2.45) is 0 Å². The average Bonchev–Trinajstić information content (AvgIpc) is 3.58. The molecule has 1 aliphatic carbocycles. The van der Waals surface area contributed by atoms with E-state index < -0.39 is 15.9 Å². The molecule has 4 rings (SSSR count). The Morgan fingerprint density at radius 3 is 2.32 bits per heavy atom. The fraction of sp³-hybridized carbons (Fsp3) is 0.391. The third kappa shape index (κ3) is 4.80. The second kappa shape index (κ2) is 8.80. The Morgan fingerprint density at radius 1 is 0.935 bits per heavy atom. The molecule has 0 bridgehead atoms. The zero-order valence-corrected chi connectivity index (χ0v) is 18.3. The van der Waals surface area contributed by atoms with E-state index >= 15 is 0 Å². The maximum absolute atomic E-state index is 13.0. The van der Waals surface area contributed by atoms with Crippen LogP contribution in [-0.4, -0.2) is 43.2 Å². The summed E-state index contributed by atoms with van der Waals surface area (Å²) in [6, 6.07) is 13.0. The molecule has 2 aliphatic rings. The predicted molar refractivity (Wildman–Crippen MR) is 119 cm³/mol. The van der Waals surface area contributed by atoms with E-state index in [-0.39, 0.29) is 22.9 Å². The van der Waals surface area contributed by atoms with Gasteiger partial charge in [-0.15, -0.1) is 0 Å². The second-order valence-electron chi connectivity index (χ2n) is 8.23. The van der Waals surface area contributed by atoms with Crippen molar-refractivity contribution in [3.63, 3.8) is 0 Å². The van der Waals surface area contributed by atoms with Crippen LogP contribution in [0.15, 0.2) is 53.4 Å². The molecule has 0 spiro atoms. The molecule has 1 atom stereocenters. The molecule has 2 aromatic carbocycles. The Balaban J connectivity index is 1.49. The number of carbonyl (C=O) groups excluding carboxylic acids is 2. The average molecular weight is 442 g/mol. The van der Waals surface area contributed by atoms with Gasteiger partial charge in [-0.05, 0) is 69.0 Å². The SMILES string of the molecule is C[C@H]1CCCCN1S(=O)(=O)c1ccc(C(=O)Nc2ccccc2C(=O)NC2CC2)cc1. The molecule has 2 aromatic rings. The van der Waals surface area contributed by atoms with Crippen molar-refractivity contribution < 1.29 is 18.0 Å². The molecule has 31 heavy (non-hydrogen) atoms. The van der Waals surface area contributed by atoms with Gasteiger partial charge in [0.15, 0.2) is 0 Å². The van der Waals surface area contributed by atoms with Crippen LogP contribution in [0.4, 0.5) is 5.69 Å². The zero-order chi connectivity index (χ0) is 22.0. The Kier molecular flexibility index (Phi) is 6.11. The fourth-order valence-electron chi connectivity index (χ4n) is 3.82. The van der Waals surface area contributed by atoms with Crippen LogP contribution in [0.5, 0.6) is 0 Å². The van der Waals surface area contributed by atoms with Crippen LogP contribution in [-0.2, 0) is 10.0 Å². The first-order chi connectivity index (χ1) is 14.9. The third-order valence-corrected chi connectivity index (χ3v) is 7.83. The smallest absolute Gasteiger partial charge is 0.255 e. The maximum atomic E-state index is 13.0. The molecule has 2 amide bonds. The number of hydrogen-bond donors (Lipinski definition) is 2. The molecular formula is C23H27N3O4S. The summed E-state index contributed by atoms with van der Waals surface area (Å²) in [7, 11) is -3.59. The van der Waals surface area contributed by atoms with Gasteiger partial charge in [0, 0.05) is 24.2 Å². The van der Waals surface area contributed by atoms with E-state index in [0.29, 0.717) is 23.4 Å². The van der Waals surface area contributed by atoms with E-state index in [4.69, 9.17) is 0 Å². The van der Waals surface area contributed by atoms with Crippen LogP contribution in [0, 0.1) is 0 Å². The number of nitrogens with zero attached hydrogens (tertiary/aromatic N) is 1. The van der Waals surface area contributed by atoms with E-state index in [2.05, 4.69) is 10.6 Å². The summed E-state index contributed by atoms with van der Waals surface area (Å²) in [5.41, 5.74) is 1.15. The van der Waals surface area contributed by atoms with Crippen molar-refractivity contribution in [3.05, 3.63) is 59.7 Å². The zero-order valence-electron chi connectivity index (χ0n) is 17.5. The van der Waals surface area contributed by atoms with Crippen LogP contribution >= 0.6 is 0 Å². The minimum atomic E-state index is -3.59. The van der Waals surface area contributed by atoms with E-state index in [1.54, 1.807) is 28.6 Å². The lowest BCUT2D eigenvalue weighted by atomic mass is 10.1. The van der Waals surface area contributed by atoms with Crippen molar-refractivity contribution in [2.75, 3.05) is 11.9 Å². The van der Waals surface area contributed by atoms with Crippen molar-refractivity contribution in [2.45, 2.75) is 56.0 Å². The number of carbonyl (C=O) groups is 2. The quantitative estimate of drug-likeness (QED) is 0.718. The van der Waals surface area contributed by atoms with Crippen molar-refractivity contribution >= 4 is 27.5 Å². The topological polar surface area (TPSA) is 95.6 Å². The molecule has 7 nitrogen and oxygen atoms in total. The highest BCUT2D eigenvalue weighted by molar-refractivity contribution is 7.89. The van der Waals surface area contributed by atoms with Gasteiger partial charge in [0.25, 0.3) is 11.8 Å². The van der Waals surface area contributed by atoms with E-state index in [0.717, 1.165) is 32.1 Å². The molecule has 1 aliphatic heterocycles. The number of nitrogens with one attached hydrogen (secondary N) is 2. The molecule has 8 heteroatoms. The van der Waals surface area contributed by atoms with Crippen molar-refractivity contribution in [1.82, 2.24) is 9.62 Å². The number of anilines is 1. The molecule has 0 aromatic heterocycles. The summed E-state index contributed by atoms with van der Waals surface area (Å²) in [6.45, 7) is 2.45. The van der Waals surface area contributed by atoms with E-state index in [1.807, 2.05) is 6.92 Å². The van der Waals surface area contributed by atoms with Gasteiger partial charge in [-0.1, -0.05) is 18.6 Å². The van der Waals surface area contributed by atoms with Crippen LogP contribution in [0.2, 0.25) is 0 Å². The molecule has 2 fully saturated rings. The maximum Gasteiger partial charge on any atom is 0.255 e. The van der Waals surface area contributed by atoms with Crippen molar-refractivity contribution in [3.8, 4) is 0 Å². The first-order valence-corrected chi connectivity index (χ1v) is 12.1. The van der Waals surface area contributed by atoms with Crippen LogP contribution in [0.3, 0.4) is 0 Å². The number of hydrogen-bond acceptors (Lipinski definition) is 4.